The molecule has 1 saturated heterocycles. The lowest BCUT2D eigenvalue weighted by molar-refractivity contribution is -0.130. The Morgan fingerprint density at radius 3 is 2.83 bits per heavy atom. The van der Waals surface area contributed by atoms with Crippen molar-refractivity contribution in [3.8, 4) is 0 Å². The third-order valence-electron chi connectivity index (χ3n) is 3.72. The van der Waals surface area contributed by atoms with E-state index in [-0.39, 0.29) is 5.91 Å². The molecule has 1 aliphatic rings. The highest BCUT2D eigenvalue weighted by Gasteiger charge is 2.39. The summed E-state index contributed by atoms with van der Waals surface area (Å²) in [4.78, 5) is 34.1. The van der Waals surface area contributed by atoms with Gasteiger partial charge in [-0.3, -0.25) is 14.1 Å². The molecule has 0 radical (unpaired) electrons. The zero-order valence-electron chi connectivity index (χ0n) is 14.0. The molecule has 2 amide bonds. The minimum atomic E-state index is -0.570. The molecule has 1 fully saturated rings. The molecule has 0 spiro atoms. The Morgan fingerprint density at radius 1 is 1.38 bits per heavy atom. The van der Waals surface area contributed by atoms with Gasteiger partial charge in [0, 0.05) is 43.4 Å². The first-order valence-electron chi connectivity index (χ1n) is 7.88. The molecule has 1 aliphatic heterocycles. The highest BCUT2D eigenvalue weighted by molar-refractivity contribution is 5.87. The van der Waals surface area contributed by atoms with Crippen LogP contribution in [-0.2, 0) is 16.1 Å². The molecule has 24 heavy (non-hydrogen) atoms. The Morgan fingerprint density at radius 2 is 2.17 bits per heavy atom. The van der Waals surface area contributed by atoms with E-state index in [0.717, 1.165) is 5.56 Å². The van der Waals surface area contributed by atoms with Crippen LogP contribution in [0.4, 0.5) is 4.79 Å². The summed E-state index contributed by atoms with van der Waals surface area (Å²) in [5, 5.41) is 2.84. The molecule has 128 valence electrons. The van der Waals surface area contributed by atoms with Gasteiger partial charge < -0.3 is 10.1 Å². The lowest BCUT2D eigenvalue weighted by Gasteiger charge is -2.40. The van der Waals surface area contributed by atoms with E-state index in [2.05, 4.69) is 15.3 Å². The Hall–Kier alpha value is -2.64. The largest absolute Gasteiger partial charge is 0.444 e. The van der Waals surface area contributed by atoms with Gasteiger partial charge in [-0.25, -0.2) is 14.8 Å². The Labute approximate surface area is 139 Å². The number of nitrogens with zero attached hydrogens (tertiary/aromatic N) is 4. The number of aromatic nitrogens is 3. The number of ether oxygens (including phenoxy) is 1. The van der Waals surface area contributed by atoms with E-state index in [1.165, 1.54) is 4.90 Å². The van der Waals surface area contributed by atoms with E-state index in [4.69, 9.17) is 4.74 Å². The number of amides is 2. The molecule has 0 aromatic carbocycles. The first-order valence-corrected chi connectivity index (χ1v) is 7.88. The third kappa shape index (κ3) is 3.47. The second-order valence-electron chi connectivity index (χ2n) is 6.79. The molecule has 3 rings (SSSR count). The first-order chi connectivity index (χ1) is 11.3. The van der Waals surface area contributed by atoms with E-state index in [0.29, 0.717) is 25.3 Å². The van der Waals surface area contributed by atoms with Gasteiger partial charge in [-0.05, 0) is 27.2 Å². The number of likely N-dealkylation sites (tertiary alicyclic amines) is 1. The van der Waals surface area contributed by atoms with Crippen LogP contribution in [0.2, 0.25) is 0 Å². The van der Waals surface area contributed by atoms with Gasteiger partial charge in [-0.15, -0.1) is 0 Å². The van der Waals surface area contributed by atoms with E-state index in [9.17, 15) is 9.59 Å². The fraction of sp³-hybridized carbons (Fsp3) is 0.500. The lowest BCUT2D eigenvalue weighted by Crippen LogP contribution is -2.59. The second kappa shape index (κ2) is 6.10. The quantitative estimate of drug-likeness (QED) is 0.917. The summed E-state index contributed by atoms with van der Waals surface area (Å²) < 4.78 is 7.10. The molecule has 3 heterocycles. The Bertz CT molecular complexity index is 764. The standard InChI is InChI=1S/C16H21N5O3/c1-16(2,3)24-15(23)21-6-4-12(21)13(22)18-8-11-9-19-14-17-5-7-20(14)10-11/h5,7,9-10,12H,4,6,8H2,1-3H3,(H,18,22)/t12-/m1/s1. The summed E-state index contributed by atoms with van der Waals surface area (Å²) >= 11 is 0. The number of hydrogen-bond acceptors (Lipinski definition) is 5. The zero-order chi connectivity index (χ0) is 17.3. The van der Waals surface area contributed by atoms with Crippen molar-refractivity contribution >= 4 is 17.8 Å². The first kappa shape index (κ1) is 16.2. The van der Waals surface area contributed by atoms with Crippen LogP contribution < -0.4 is 5.32 Å². The van der Waals surface area contributed by atoms with Crippen molar-refractivity contribution in [2.45, 2.75) is 45.4 Å². The number of hydrogen-bond donors (Lipinski definition) is 1. The van der Waals surface area contributed by atoms with Gasteiger partial charge in [0.2, 0.25) is 11.7 Å². The molecule has 1 atom stereocenters. The van der Waals surface area contributed by atoms with Crippen LogP contribution in [0, 0.1) is 0 Å². The number of carbonyl (C=O) groups excluding carboxylic acids is 2. The molecular weight excluding hydrogens is 310 g/mol. The Balaban J connectivity index is 1.55. The topological polar surface area (TPSA) is 88.8 Å². The smallest absolute Gasteiger partial charge is 0.410 e. The molecule has 2 aromatic rings. The maximum absolute atomic E-state index is 12.3. The number of carbonyl (C=O) groups is 2. The van der Waals surface area contributed by atoms with Gasteiger partial charge in [0.05, 0.1) is 0 Å². The molecule has 2 aromatic heterocycles. The summed E-state index contributed by atoms with van der Waals surface area (Å²) in [6.45, 7) is 6.30. The van der Waals surface area contributed by atoms with Gasteiger partial charge in [0.15, 0.2) is 0 Å². The summed E-state index contributed by atoms with van der Waals surface area (Å²) in [6, 6.07) is -0.468. The average Bonchev–Trinajstić information content (AvgIpc) is 2.89. The molecule has 1 N–H and O–H groups in total. The summed E-state index contributed by atoms with van der Waals surface area (Å²) in [5.74, 6) is 0.429. The summed E-state index contributed by atoms with van der Waals surface area (Å²) in [6.07, 6.45) is 7.19. The van der Waals surface area contributed by atoms with Crippen LogP contribution in [0.3, 0.4) is 0 Å². The second-order valence-corrected chi connectivity index (χ2v) is 6.79. The van der Waals surface area contributed by atoms with Crippen molar-refractivity contribution in [1.82, 2.24) is 24.6 Å². The SMILES string of the molecule is CC(C)(C)OC(=O)N1CC[C@@H]1C(=O)NCc1cnc2nccn2c1. The summed E-state index contributed by atoms with van der Waals surface area (Å²) in [5.41, 5.74) is 0.288. The predicted octanol–water partition coefficient (Wildman–Crippen LogP) is 1.35. The molecule has 8 heteroatoms. The van der Waals surface area contributed by atoms with Crippen molar-refractivity contribution in [3.05, 3.63) is 30.4 Å². The molecule has 0 unspecified atom stereocenters. The van der Waals surface area contributed by atoms with Gasteiger partial charge in [0.25, 0.3) is 0 Å². The van der Waals surface area contributed by atoms with Crippen molar-refractivity contribution in [2.24, 2.45) is 0 Å². The number of rotatable bonds is 3. The van der Waals surface area contributed by atoms with E-state index >= 15 is 0 Å². The van der Waals surface area contributed by atoms with Gasteiger partial charge in [-0.1, -0.05) is 0 Å². The van der Waals surface area contributed by atoms with E-state index in [1.54, 1.807) is 43.8 Å². The maximum atomic E-state index is 12.3. The predicted molar refractivity (Wildman–Crippen MR) is 86.2 cm³/mol. The zero-order valence-corrected chi connectivity index (χ0v) is 14.0. The molecular formula is C16H21N5O3. The van der Waals surface area contributed by atoms with Crippen molar-refractivity contribution in [1.29, 1.82) is 0 Å². The maximum Gasteiger partial charge on any atom is 0.410 e. The summed E-state index contributed by atoms with van der Waals surface area (Å²) in [7, 11) is 0. The van der Waals surface area contributed by atoms with E-state index < -0.39 is 17.7 Å². The molecule has 0 saturated carbocycles. The highest BCUT2D eigenvalue weighted by Crippen LogP contribution is 2.21. The van der Waals surface area contributed by atoms with Crippen LogP contribution >= 0.6 is 0 Å². The van der Waals surface area contributed by atoms with Gasteiger partial charge >= 0.3 is 6.09 Å². The van der Waals surface area contributed by atoms with Crippen LogP contribution in [0.1, 0.15) is 32.8 Å². The Kier molecular flexibility index (Phi) is 4.13. The normalized spacial score (nSPS) is 17.5. The third-order valence-corrected chi connectivity index (χ3v) is 3.72. The minimum Gasteiger partial charge on any atom is -0.444 e. The average molecular weight is 331 g/mol. The van der Waals surface area contributed by atoms with Crippen LogP contribution in [0.25, 0.3) is 5.78 Å². The van der Waals surface area contributed by atoms with Crippen molar-refractivity contribution in [2.75, 3.05) is 6.54 Å². The number of imidazole rings is 1. The lowest BCUT2D eigenvalue weighted by atomic mass is 10.0. The minimum absolute atomic E-state index is 0.183. The van der Waals surface area contributed by atoms with Crippen LogP contribution in [0.5, 0.6) is 0 Å². The highest BCUT2D eigenvalue weighted by atomic mass is 16.6. The number of fused-ring (bicyclic) bond motifs is 1. The van der Waals surface area contributed by atoms with Crippen molar-refractivity contribution in [3.63, 3.8) is 0 Å². The van der Waals surface area contributed by atoms with Gasteiger partial charge in [0.1, 0.15) is 11.6 Å². The number of nitrogens with one attached hydrogen (secondary N) is 1. The fourth-order valence-electron chi connectivity index (χ4n) is 2.46. The van der Waals surface area contributed by atoms with Crippen LogP contribution in [0.15, 0.2) is 24.8 Å². The fourth-order valence-corrected chi connectivity index (χ4v) is 2.46. The molecule has 0 aliphatic carbocycles. The van der Waals surface area contributed by atoms with Gasteiger partial charge in [-0.2, -0.15) is 0 Å². The molecule has 0 bridgehead atoms. The monoisotopic (exact) mass is 331 g/mol. The van der Waals surface area contributed by atoms with Crippen molar-refractivity contribution < 1.29 is 14.3 Å². The van der Waals surface area contributed by atoms with E-state index in [1.807, 2.05) is 6.20 Å². The molecule has 8 nitrogen and oxygen atoms in total. The van der Waals surface area contributed by atoms with Crippen LogP contribution in [-0.4, -0.2) is 49.5 Å².